The SMILES string of the molecule is CCCNC(=O)COC(=O)c1cc2c(s1)CCC2. The molecule has 98 valence electrons. The van der Waals surface area contributed by atoms with Gasteiger partial charge in [-0.2, -0.15) is 0 Å². The van der Waals surface area contributed by atoms with Gasteiger partial charge >= 0.3 is 5.97 Å². The number of thiophene rings is 1. The van der Waals surface area contributed by atoms with Crippen molar-refractivity contribution < 1.29 is 14.3 Å². The van der Waals surface area contributed by atoms with E-state index in [-0.39, 0.29) is 18.5 Å². The standard InChI is InChI=1S/C13H17NO3S/c1-2-6-14-12(15)8-17-13(16)11-7-9-4-3-5-10(9)18-11/h7H,2-6,8H2,1H3,(H,14,15). The molecule has 0 aromatic carbocycles. The van der Waals surface area contributed by atoms with Crippen LogP contribution in [0.5, 0.6) is 0 Å². The summed E-state index contributed by atoms with van der Waals surface area (Å²) in [7, 11) is 0. The highest BCUT2D eigenvalue weighted by atomic mass is 32.1. The van der Waals surface area contributed by atoms with Crippen LogP contribution in [0, 0.1) is 0 Å². The summed E-state index contributed by atoms with van der Waals surface area (Å²) in [5.74, 6) is -0.629. The van der Waals surface area contributed by atoms with Gasteiger partial charge in [-0.3, -0.25) is 4.79 Å². The van der Waals surface area contributed by atoms with E-state index in [9.17, 15) is 9.59 Å². The second-order valence-corrected chi connectivity index (χ2v) is 5.48. The first-order chi connectivity index (χ1) is 8.70. The van der Waals surface area contributed by atoms with Crippen LogP contribution in [-0.4, -0.2) is 25.0 Å². The monoisotopic (exact) mass is 267 g/mol. The third-order valence-electron chi connectivity index (χ3n) is 2.85. The molecule has 1 N–H and O–H groups in total. The first-order valence-corrected chi connectivity index (χ1v) is 7.07. The number of hydrogen-bond acceptors (Lipinski definition) is 4. The second-order valence-electron chi connectivity index (χ2n) is 4.34. The Balaban J connectivity index is 1.82. The highest BCUT2D eigenvalue weighted by molar-refractivity contribution is 7.14. The minimum absolute atomic E-state index is 0.193. The fourth-order valence-electron chi connectivity index (χ4n) is 1.95. The van der Waals surface area contributed by atoms with Gasteiger partial charge < -0.3 is 10.1 Å². The molecule has 4 nitrogen and oxygen atoms in total. The Bertz CT molecular complexity index is 432. The summed E-state index contributed by atoms with van der Waals surface area (Å²) >= 11 is 1.49. The zero-order valence-electron chi connectivity index (χ0n) is 10.5. The molecule has 1 aromatic rings. The van der Waals surface area contributed by atoms with Gasteiger partial charge in [0, 0.05) is 11.4 Å². The Morgan fingerprint density at radius 3 is 3.00 bits per heavy atom. The molecule has 0 atom stereocenters. The molecular formula is C13H17NO3S. The van der Waals surface area contributed by atoms with Crippen molar-refractivity contribution in [2.75, 3.05) is 13.2 Å². The summed E-state index contributed by atoms with van der Waals surface area (Å²) < 4.78 is 4.98. The summed E-state index contributed by atoms with van der Waals surface area (Å²) in [4.78, 5) is 24.9. The molecule has 5 heteroatoms. The first-order valence-electron chi connectivity index (χ1n) is 6.26. The van der Waals surface area contributed by atoms with Gasteiger partial charge in [0.15, 0.2) is 6.61 Å². The van der Waals surface area contributed by atoms with Gasteiger partial charge in [0.25, 0.3) is 5.91 Å². The smallest absolute Gasteiger partial charge is 0.348 e. The molecule has 0 aliphatic heterocycles. The Morgan fingerprint density at radius 2 is 2.28 bits per heavy atom. The topological polar surface area (TPSA) is 55.4 Å². The van der Waals surface area contributed by atoms with Gasteiger partial charge in [-0.15, -0.1) is 11.3 Å². The Kier molecular flexibility index (Phi) is 4.36. The Morgan fingerprint density at radius 1 is 1.44 bits per heavy atom. The summed E-state index contributed by atoms with van der Waals surface area (Å²) in [6.45, 7) is 2.39. The minimum atomic E-state index is -0.388. The van der Waals surface area contributed by atoms with Crippen LogP contribution in [0.4, 0.5) is 0 Å². The first kappa shape index (κ1) is 13.1. The molecule has 1 aliphatic rings. The van der Waals surface area contributed by atoms with Crippen LogP contribution in [-0.2, 0) is 22.4 Å². The van der Waals surface area contributed by atoms with Crippen molar-refractivity contribution >= 4 is 23.2 Å². The summed E-state index contributed by atoms with van der Waals surface area (Å²) in [5, 5.41) is 2.67. The van der Waals surface area contributed by atoms with Crippen LogP contribution in [0.15, 0.2) is 6.07 Å². The van der Waals surface area contributed by atoms with Crippen LogP contribution in [0.2, 0.25) is 0 Å². The minimum Gasteiger partial charge on any atom is -0.451 e. The van der Waals surface area contributed by atoms with E-state index in [2.05, 4.69) is 5.32 Å². The van der Waals surface area contributed by atoms with Crippen molar-refractivity contribution in [2.45, 2.75) is 32.6 Å². The van der Waals surface area contributed by atoms with Crippen molar-refractivity contribution in [1.29, 1.82) is 0 Å². The normalized spacial score (nSPS) is 13.2. The lowest BCUT2D eigenvalue weighted by Crippen LogP contribution is -2.29. The number of rotatable bonds is 5. The van der Waals surface area contributed by atoms with Gasteiger partial charge in [0.05, 0.1) is 0 Å². The molecule has 2 rings (SSSR count). The molecule has 1 heterocycles. The summed E-state index contributed by atoms with van der Waals surface area (Å²) in [6.07, 6.45) is 4.16. The lowest BCUT2D eigenvalue weighted by molar-refractivity contribution is -0.124. The third-order valence-corrected chi connectivity index (χ3v) is 4.07. The van der Waals surface area contributed by atoms with Gasteiger partial charge in [0.2, 0.25) is 0 Å². The average molecular weight is 267 g/mol. The lowest BCUT2D eigenvalue weighted by atomic mass is 10.2. The van der Waals surface area contributed by atoms with E-state index >= 15 is 0 Å². The Labute approximate surface area is 110 Å². The van der Waals surface area contributed by atoms with E-state index in [1.54, 1.807) is 0 Å². The van der Waals surface area contributed by atoms with E-state index < -0.39 is 0 Å². The van der Waals surface area contributed by atoms with Gasteiger partial charge in [-0.05, 0) is 37.3 Å². The number of aryl methyl sites for hydroxylation is 2. The number of carbonyl (C=O) groups is 2. The number of fused-ring (bicyclic) bond motifs is 1. The molecule has 0 radical (unpaired) electrons. The third kappa shape index (κ3) is 3.10. The molecule has 1 aromatic heterocycles. The maximum absolute atomic E-state index is 11.7. The van der Waals surface area contributed by atoms with Crippen LogP contribution >= 0.6 is 11.3 Å². The predicted octanol–water partition coefficient (Wildman–Crippen LogP) is 1.92. The van der Waals surface area contributed by atoms with Crippen molar-refractivity contribution in [1.82, 2.24) is 5.32 Å². The maximum atomic E-state index is 11.7. The van der Waals surface area contributed by atoms with Crippen molar-refractivity contribution in [3.63, 3.8) is 0 Å². The second kappa shape index (κ2) is 6.00. The quantitative estimate of drug-likeness (QED) is 0.829. The predicted molar refractivity (Wildman–Crippen MR) is 69.9 cm³/mol. The van der Waals surface area contributed by atoms with E-state index in [1.165, 1.54) is 28.2 Å². The molecule has 0 unspecified atom stereocenters. The molecule has 0 saturated carbocycles. The lowest BCUT2D eigenvalue weighted by Gasteiger charge is -2.04. The van der Waals surface area contributed by atoms with E-state index in [4.69, 9.17) is 4.74 Å². The van der Waals surface area contributed by atoms with Gasteiger partial charge in [-0.25, -0.2) is 4.79 Å². The number of esters is 1. The zero-order valence-corrected chi connectivity index (χ0v) is 11.3. The number of ether oxygens (including phenoxy) is 1. The summed E-state index contributed by atoms with van der Waals surface area (Å²) in [6, 6.07) is 1.90. The van der Waals surface area contributed by atoms with E-state index in [0.29, 0.717) is 11.4 Å². The Hall–Kier alpha value is -1.36. The molecule has 18 heavy (non-hydrogen) atoms. The molecule has 1 aliphatic carbocycles. The summed E-state index contributed by atoms with van der Waals surface area (Å²) in [5.41, 5.74) is 1.27. The average Bonchev–Trinajstić information content (AvgIpc) is 2.93. The van der Waals surface area contributed by atoms with E-state index in [1.807, 2.05) is 13.0 Å². The fraction of sp³-hybridized carbons (Fsp3) is 0.538. The van der Waals surface area contributed by atoms with Gasteiger partial charge in [-0.1, -0.05) is 6.92 Å². The number of nitrogens with one attached hydrogen (secondary N) is 1. The van der Waals surface area contributed by atoms with Crippen LogP contribution in [0.1, 0.15) is 39.9 Å². The van der Waals surface area contributed by atoms with Crippen molar-refractivity contribution in [3.8, 4) is 0 Å². The fourth-order valence-corrected chi connectivity index (χ4v) is 3.09. The van der Waals surface area contributed by atoms with Gasteiger partial charge in [0.1, 0.15) is 4.88 Å². The zero-order chi connectivity index (χ0) is 13.0. The number of carbonyl (C=O) groups excluding carboxylic acids is 2. The molecular weight excluding hydrogens is 250 g/mol. The molecule has 0 spiro atoms. The van der Waals surface area contributed by atoms with E-state index in [0.717, 1.165) is 19.3 Å². The highest BCUT2D eigenvalue weighted by Gasteiger charge is 2.19. The van der Waals surface area contributed by atoms with Crippen molar-refractivity contribution in [2.24, 2.45) is 0 Å². The largest absolute Gasteiger partial charge is 0.451 e. The van der Waals surface area contributed by atoms with Crippen LogP contribution in [0.3, 0.4) is 0 Å². The van der Waals surface area contributed by atoms with Crippen LogP contribution < -0.4 is 5.32 Å². The number of amides is 1. The maximum Gasteiger partial charge on any atom is 0.348 e. The molecule has 0 bridgehead atoms. The van der Waals surface area contributed by atoms with Crippen molar-refractivity contribution in [3.05, 3.63) is 21.4 Å². The molecule has 0 saturated heterocycles. The van der Waals surface area contributed by atoms with Crippen LogP contribution in [0.25, 0.3) is 0 Å². The molecule has 1 amide bonds. The number of hydrogen-bond donors (Lipinski definition) is 1. The molecule has 0 fully saturated rings. The highest BCUT2D eigenvalue weighted by Crippen LogP contribution is 2.30.